The maximum absolute atomic E-state index is 12.8. The minimum Gasteiger partial charge on any atom is -0.753 e. The largest absolute Gasteiger partial charge is 2.00 e. The fourth-order valence-electron chi connectivity index (χ4n) is 5.78. The van der Waals surface area contributed by atoms with Crippen LogP contribution in [0, 0.1) is 5.41 Å². The topological polar surface area (TPSA) is 230 Å². The van der Waals surface area contributed by atoms with E-state index in [0.717, 1.165) is 10.8 Å². The van der Waals surface area contributed by atoms with E-state index in [0.29, 0.717) is 70.4 Å². The average Bonchev–Trinajstić information content (AvgIpc) is 3.92. The van der Waals surface area contributed by atoms with Gasteiger partial charge in [0.05, 0.1) is 34.2 Å². The summed E-state index contributed by atoms with van der Waals surface area (Å²) in [5.74, 6) is 1.59. The molecule has 0 radical (unpaired) electrons. The summed E-state index contributed by atoms with van der Waals surface area (Å²) in [6.07, 6.45) is -0.154. The summed E-state index contributed by atoms with van der Waals surface area (Å²) in [5, 5.41) is 17.3. The molecule has 16 nitrogen and oxygen atoms in total. The number of aromatic nitrogens is 4. The molecule has 8 aromatic rings. The van der Waals surface area contributed by atoms with Crippen molar-refractivity contribution in [1.82, 2.24) is 19.9 Å². The van der Waals surface area contributed by atoms with E-state index in [1.54, 1.807) is 11.0 Å². The van der Waals surface area contributed by atoms with E-state index < -0.39 is 17.6 Å². The number of thiocarbonyl (C=S) groups is 1. The fourth-order valence-corrected chi connectivity index (χ4v) is 5.78. The third-order valence-electron chi connectivity index (χ3n) is 8.48. The van der Waals surface area contributed by atoms with Crippen LogP contribution in [0.4, 0.5) is 30.6 Å². The summed E-state index contributed by atoms with van der Waals surface area (Å²) in [4.78, 5) is 50.3. The number of nitrogens with zero attached hydrogens (tertiary/aromatic N) is 6. The summed E-state index contributed by atoms with van der Waals surface area (Å²) in [5.41, 5.74) is 9.04. The van der Waals surface area contributed by atoms with Gasteiger partial charge >= 0.3 is 25.7 Å². The molecule has 0 saturated heterocycles. The van der Waals surface area contributed by atoms with Gasteiger partial charge in [0.25, 0.3) is 19.4 Å². The number of halogens is 3. The number of carbonyl (C=O) groups is 3. The Morgan fingerprint density at radius 1 is 0.692 bits per heavy atom. The first-order valence-electron chi connectivity index (χ1n) is 18.0. The zero-order chi connectivity index (χ0) is 45.6. The SMILES string of the molecule is N=C(/C=C(\[NH-])c1cc(N(c2cc3ccccc3o2)c2cc3ccccc3o2)ccn1)C(F)(F)F.O=COc1ccnc(-c2cc(OC=O)cc(-c3cc(OC=O)ccn3)n2)c1.[N-]=C=S.[Ru+2]. The molecule has 6 heterocycles. The van der Waals surface area contributed by atoms with Crippen LogP contribution in [0.5, 0.6) is 17.2 Å². The van der Waals surface area contributed by atoms with Crippen LogP contribution < -0.4 is 19.1 Å². The molecule has 0 aliphatic carbocycles. The minimum atomic E-state index is -4.85. The van der Waals surface area contributed by atoms with E-state index in [-0.39, 0.29) is 48.9 Å². The summed E-state index contributed by atoms with van der Waals surface area (Å²) < 4.78 is 65.0. The number of anilines is 3. The summed E-state index contributed by atoms with van der Waals surface area (Å²) in [7, 11) is 0. The van der Waals surface area contributed by atoms with Gasteiger partial charge in [-0.1, -0.05) is 48.6 Å². The monoisotopic (exact) mass is 986 g/mol. The molecule has 6 aromatic heterocycles. The van der Waals surface area contributed by atoms with Gasteiger partial charge in [-0.05, 0) is 42.5 Å². The first kappa shape index (κ1) is 47.8. The molecule has 0 aliphatic heterocycles. The number of benzene rings is 2. The van der Waals surface area contributed by atoms with Gasteiger partial charge in [-0.2, -0.15) is 18.3 Å². The Bertz CT molecular complexity index is 2840. The van der Waals surface area contributed by atoms with Gasteiger partial charge in [0.1, 0.15) is 34.1 Å². The molecule has 0 saturated carbocycles. The van der Waals surface area contributed by atoms with Crippen LogP contribution in [0.1, 0.15) is 5.69 Å². The molecular formula is C44H27F3N8O8RuS. The molecule has 0 aliphatic rings. The van der Waals surface area contributed by atoms with Crippen LogP contribution in [0.15, 0.2) is 143 Å². The van der Waals surface area contributed by atoms with Gasteiger partial charge in [0.2, 0.25) is 11.8 Å². The van der Waals surface area contributed by atoms with Gasteiger partial charge < -0.3 is 34.2 Å². The van der Waals surface area contributed by atoms with Crippen molar-refractivity contribution in [2.24, 2.45) is 0 Å². The number of fused-ring (bicyclic) bond motifs is 2. The molecule has 0 amide bonds. The molecule has 326 valence electrons. The molecule has 0 atom stereocenters. The summed E-state index contributed by atoms with van der Waals surface area (Å²) >= 11 is 3.70. The van der Waals surface area contributed by atoms with Crippen LogP contribution in [0.3, 0.4) is 0 Å². The van der Waals surface area contributed by atoms with E-state index in [4.69, 9.17) is 39.6 Å². The Balaban J connectivity index is 0.000000232. The Hall–Kier alpha value is -8.25. The standard InChI is InChI=1S/C25H16F3N4O2.C18H11N3O6.CNS.Ru/c26-25(27,28)22(30)14-18(29)19-13-17(9-10-31-19)32(23-11-15-5-1-3-7-20(15)33-23)24-12-16-6-2-4-8-21(16)34-24;22-9-25-12-1-3-19-15(5-12)17-7-14(27-11-24)8-18(21-17)16-6-13(26-10-23)2-4-20-16;2-1-3;/h1-14,29-30H;1-11H;;/q-1;;-1;+2/b18-14-,30-22?;;;. The van der Waals surface area contributed by atoms with Crippen molar-refractivity contribution in [2.45, 2.75) is 6.18 Å². The van der Waals surface area contributed by atoms with Crippen molar-refractivity contribution in [1.29, 1.82) is 5.41 Å². The molecule has 0 fully saturated rings. The van der Waals surface area contributed by atoms with Crippen LogP contribution >= 0.6 is 12.2 Å². The second kappa shape index (κ2) is 22.2. The van der Waals surface area contributed by atoms with E-state index >= 15 is 0 Å². The zero-order valence-corrected chi connectivity index (χ0v) is 35.3. The zero-order valence-electron chi connectivity index (χ0n) is 32.8. The van der Waals surface area contributed by atoms with Crippen LogP contribution in [-0.4, -0.2) is 56.4 Å². The van der Waals surface area contributed by atoms with Crippen LogP contribution in [0.25, 0.3) is 61.6 Å². The van der Waals surface area contributed by atoms with E-state index in [1.165, 1.54) is 66.2 Å². The number of isothiocyanates is 1. The number of nitrogens with one attached hydrogen (secondary N) is 2. The van der Waals surface area contributed by atoms with Crippen molar-refractivity contribution in [3.05, 3.63) is 151 Å². The fraction of sp³-hybridized carbons (Fsp3) is 0.0227. The van der Waals surface area contributed by atoms with Gasteiger partial charge in [-0.25, -0.2) is 4.98 Å². The van der Waals surface area contributed by atoms with Crippen molar-refractivity contribution >= 4 is 87.6 Å². The Kier molecular flexibility index (Phi) is 16.3. The Morgan fingerprint density at radius 3 is 1.60 bits per heavy atom. The Morgan fingerprint density at radius 2 is 1.14 bits per heavy atom. The first-order chi connectivity index (χ1) is 30.9. The predicted octanol–water partition coefficient (Wildman–Crippen LogP) is 10.5. The molecule has 65 heavy (non-hydrogen) atoms. The number of allylic oxidation sites excluding steroid dienone is 1. The smallest absolute Gasteiger partial charge is 0.753 e. The van der Waals surface area contributed by atoms with Crippen molar-refractivity contribution in [2.75, 3.05) is 4.90 Å². The van der Waals surface area contributed by atoms with Gasteiger partial charge in [-0.3, -0.25) is 39.6 Å². The third-order valence-corrected chi connectivity index (χ3v) is 8.48. The molecular weight excluding hydrogens is 959 g/mol. The van der Waals surface area contributed by atoms with Crippen molar-refractivity contribution in [3.63, 3.8) is 0 Å². The van der Waals surface area contributed by atoms with Crippen molar-refractivity contribution in [3.8, 4) is 40.0 Å². The second-order valence-electron chi connectivity index (χ2n) is 12.5. The molecule has 2 aromatic carbocycles. The molecule has 8 rings (SSSR count). The minimum absolute atomic E-state index is 0. The molecule has 0 unspecified atom stereocenters. The average molecular weight is 986 g/mol. The number of para-hydroxylation sites is 2. The number of pyridine rings is 4. The molecule has 0 spiro atoms. The van der Waals surface area contributed by atoms with Crippen LogP contribution in [-0.2, 0) is 33.9 Å². The van der Waals surface area contributed by atoms with E-state index in [2.05, 4.69) is 32.2 Å². The number of hydrogen-bond acceptors (Lipinski definition) is 15. The second-order valence-corrected chi connectivity index (χ2v) is 12.7. The quantitative estimate of drug-likeness (QED) is 0.0490. The number of hydrogen-bond donors (Lipinski definition) is 1. The summed E-state index contributed by atoms with van der Waals surface area (Å²) in [6, 6.07) is 30.6. The van der Waals surface area contributed by atoms with E-state index in [9.17, 15) is 27.6 Å². The van der Waals surface area contributed by atoms with E-state index in [1.807, 2.05) is 60.7 Å². The molecule has 21 heteroatoms. The van der Waals surface area contributed by atoms with Gasteiger partial charge in [-0.15, -0.1) is 5.70 Å². The first-order valence-corrected chi connectivity index (χ1v) is 18.4. The number of ether oxygens (including phenoxy) is 3. The van der Waals surface area contributed by atoms with Crippen molar-refractivity contribution < 1.29 is 70.1 Å². The van der Waals surface area contributed by atoms with Gasteiger partial charge in [0.15, 0.2) is 0 Å². The van der Waals surface area contributed by atoms with Crippen LogP contribution in [0.2, 0.25) is 0 Å². The molecule has 0 bridgehead atoms. The predicted molar refractivity (Wildman–Crippen MR) is 231 cm³/mol. The Labute approximate surface area is 383 Å². The number of furan rings is 2. The maximum Gasteiger partial charge on any atom is 2.00 e. The number of alkyl halides is 3. The summed E-state index contributed by atoms with van der Waals surface area (Å²) in [6.45, 7) is 0.875. The van der Waals surface area contributed by atoms with Gasteiger partial charge in [0, 0.05) is 65.8 Å². The normalized spacial score (nSPS) is 10.7. The molecule has 2 N–H and O–H groups in total. The third kappa shape index (κ3) is 12.2. The maximum atomic E-state index is 12.8. The number of rotatable bonds is 13. The number of carbonyl (C=O) groups excluding carboxylic acids is 3.